The van der Waals surface area contributed by atoms with Gasteiger partial charge in [-0.25, -0.2) is 9.97 Å². The maximum atomic E-state index is 5.86. The lowest BCUT2D eigenvalue weighted by Gasteiger charge is -2.03. The summed E-state index contributed by atoms with van der Waals surface area (Å²) in [5.74, 6) is 2.68. The molecule has 0 amide bonds. The molecule has 0 spiro atoms. The van der Waals surface area contributed by atoms with Crippen LogP contribution in [-0.2, 0) is 19.5 Å². The van der Waals surface area contributed by atoms with Crippen molar-refractivity contribution >= 4 is 0 Å². The molecule has 5 nitrogen and oxygen atoms in total. The van der Waals surface area contributed by atoms with Gasteiger partial charge in [0.1, 0.15) is 5.76 Å². The quantitative estimate of drug-likeness (QED) is 0.697. The molecule has 3 heterocycles. The van der Waals surface area contributed by atoms with Crippen LogP contribution in [0.4, 0.5) is 0 Å². The molecule has 5 heteroatoms. The first-order chi connectivity index (χ1) is 10.3. The first kappa shape index (κ1) is 13.7. The maximum Gasteiger partial charge on any atom is 0.176 e. The van der Waals surface area contributed by atoms with Gasteiger partial charge in [-0.3, -0.25) is 0 Å². The predicted octanol–water partition coefficient (Wildman–Crippen LogP) is 3.36. The second-order valence-electron chi connectivity index (χ2n) is 5.09. The van der Waals surface area contributed by atoms with E-state index in [-0.39, 0.29) is 0 Å². The van der Waals surface area contributed by atoms with Gasteiger partial charge in [0.15, 0.2) is 11.6 Å². The second kappa shape index (κ2) is 5.99. The van der Waals surface area contributed by atoms with Crippen molar-refractivity contribution in [3.63, 3.8) is 0 Å². The van der Waals surface area contributed by atoms with Gasteiger partial charge >= 0.3 is 0 Å². The minimum atomic E-state index is 0.701. The Morgan fingerprint density at radius 3 is 2.86 bits per heavy atom. The van der Waals surface area contributed by atoms with Gasteiger partial charge in [-0.15, -0.1) is 0 Å². The Morgan fingerprint density at radius 1 is 1.19 bits per heavy atom. The number of aryl methyl sites for hydroxylation is 2. The lowest BCUT2D eigenvalue weighted by atomic mass is 10.3. The smallest absolute Gasteiger partial charge is 0.176 e. The summed E-state index contributed by atoms with van der Waals surface area (Å²) >= 11 is 0. The molecule has 0 bridgehead atoms. The number of rotatable bonds is 6. The molecule has 21 heavy (non-hydrogen) atoms. The third kappa shape index (κ3) is 2.91. The van der Waals surface area contributed by atoms with E-state index in [9.17, 15) is 0 Å². The van der Waals surface area contributed by atoms with E-state index in [1.165, 1.54) is 0 Å². The Hall–Kier alpha value is -2.30. The molecule has 0 aliphatic carbocycles. The molecule has 3 rings (SSSR count). The van der Waals surface area contributed by atoms with Gasteiger partial charge in [0.2, 0.25) is 0 Å². The first-order valence-corrected chi connectivity index (χ1v) is 7.41. The second-order valence-corrected chi connectivity index (χ2v) is 5.09. The zero-order valence-electron chi connectivity index (χ0n) is 12.5. The third-order valence-corrected chi connectivity index (χ3v) is 3.48. The van der Waals surface area contributed by atoms with Gasteiger partial charge < -0.3 is 13.6 Å². The van der Waals surface area contributed by atoms with Crippen molar-refractivity contribution < 1.29 is 4.42 Å². The lowest BCUT2D eigenvalue weighted by molar-refractivity contribution is 0.512. The average Bonchev–Trinajstić information content (AvgIpc) is 3.20. The molecule has 0 atom stereocenters. The van der Waals surface area contributed by atoms with Crippen molar-refractivity contribution in [2.24, 2.45) is 0 Å². The Labute approximate surface area is 124 Å². The van der Waals surface area contributed by atoms with Gasteiger partial charge in [-0.2, -0.15) is 0 Å². The molecule has 0 saturated carbocycles. The molecular formula is C16H20N4O. The molecule has 0 radical (unpaired) electrons. The van der Waals surface area contributed by atoms with Crippen LogP contribution in [-0.4, -0.2) is 19.1 Å². The highest BCUT2D eigenvalue weighted by Gasteiger charge is 2.11. The fraction of sp³-hybridized carbons (Fsp3) is 0.375. The Bertz CT molecular complexity index is 707. The predicted molar refractivity (Wildman–Crippen MR) is 80.9 cm³/mol. The third-order valence-electron chi connectivity index (χ3n) is 3.48. The van der Waals surface area contributed by atoms with Gasteiger partial charge in [-0.05, 0) is 25.5 Å². The highest BCUT2D eigenvalue weighted by molar-refractivity contribution is 5.48. The molecule has 0 N–H and O–H groups in total. The van der Waals surface area contributed by atoms with E-state index in [0.29, 0.717) is 6.54 Å². The summed E-state index contributed by atoms with van der Waals surface area (Å²) in [5, 5.41) is 0. The van der Waals surface area contributed by atoms with Crippen LogP contribution < -0.4 is 0 Å². The topological polar surface area (TPSA) is 48.8 Å². The molecule has 0 aliphatic rings. The van der Waals surface area contributed by atoms with Gasteiger partial charge in [0.25, 0.3) is 0 Å². The fourth-order valence-electron chi connectivity index (χ4n) is 2.38. The zero-order valence-corrected chi connectivity index (χ0v) is 12.5. The van der Waals surface area contributed by atoms with Crippen LogP contribution in [0.25, 0.3) is 11.6 Å². The molecule has 3 aromatic rings. The van der Waals surface area contributed by atoms with Crippen molar-refractivity contribution in [3.8, 4) is 11.6 Å². The number of furan rings is 1. The lowest BCUT2D eigenvalue weighted by Crippen LogP contribution is -2.01. The molecule has 0 saturated heterocycles. The normalized spacial score (nSPS) is 11.1. The zero-order chi connectivity index (χ0) is 14.7. The Kier molecular flexibility index (Phi) is 3.90. The summed E-state index contributed by atoms with van der Waals surface area (Å²) in [6, 6.07) is 4.03. The van der Waals surface area contributed by atoms with E-state index in [2.05, 4.69) is 39.1 Å². The van der Waals surface area contributed by atoms with Crippen molar-refractivity contribution in [2.75, 3.05) is 0 Å². The first-order valence-electron chi connectivity index (χ1n) is 7.41. The van der Waals surface area contributed by atoms with Gasteiger partial charge in [-0.1, -0.05) is 6.92 Å². The van der Waals surface area contributed by atoms with E-state index in [4.69, 9.17) is 4.42 Å². The number of aromatic nitrogens is 4. The van der Waals surface area contributed by atoms with Crippen LogP contribution in [0.5, 0.6) is 0 Å². The summed E-state index contributed by atoms with van der Waals surface area (Å²) in [6.45, 7) is 5.88. The monoisotopic (exact) mass is 284 g/mol. The van der Waals surface area contributed by atoms with Crippen LogP contribution >= 0.6 is 0 Å². The SMILES string of the molecule is CCCc1ccc(-c2nccn2Cc2cn(CC)cn2)o1. The fourth-order valence-corrected chi connectivity index (χ4v) is 2.38. The van der Waals surface area contributed by atoms with E-state index in [0.717, 1.165) is 42.4 Å². The largest absolute Gasteiger partial charge is 0.458 e. The number of hydrogen-bond acceptors (Lipinski definition) is 3. The highest BCUT2D eigenvalue weighted by Crippen LogP contribution is 2.22. The molecule has 0 unspecified atom stereocenters. The van der Waals surface area contributed by atoms with Crippen LogP contribution in [0.3, 0.4) is 0 Å². The van der Waals surface area contributed by atoms with Gasteiger partial charge in [0.05, 0.1) is 18.6 Å². The van der Waals surface area contributed by atoms with E-state index < -0.39 is 0 Å². The van der Waals surface area contributed by atoms with Crippen molar-refractivity contribution in [2.45, 2.75) is 39.8 Å². The molecule has 3 aromatic heterocycles. The summed E-state index contributed by atoms with van der Waals surface area (Å²) in [6.07, 6.45) is 9.72. The highest BCUT2D eigenvalue weighted by atomic mass is 16.3. The van der Waals surface area contributed by atoms with Crippen molar-refractivity contribution in [1.29, 1.82) is 0 Å². The number of imidazole rings is 2. The summed E-state index contributed by atoms with van der Waals surface area (Å²) in [4.78, 5) is 8.83. The van der Waals surface area contributed by atoms with Gasteiger partial charge in [0, 0.05) is 31.6 Å². The molecule has 0 aliphatic heterocycles. The van der Waals surface area contributed by atoms with Crippen LogP contribution in [0.1, 0.15) is 31.7 Å². The minimum Gasteiger partial charge on any atom is -0.458 e. The van der Waals surface area contributed by atoms with E-state index in [1.807, 2.05) is 24.7 Å². The molecule has 0 fully saturated rings. The molecule has 0 aromatic carbocycles. The van der Waals surface area contributed by atoms with Crippen LogP contribution in [0, 0.1) is 0 Å². The summed E-state index contributed by atoms with van der Waals surface area (Å²) in [7, 11) is 0. The number of hydrogen-bond donors (Lipinski definition) is 0. The van der Waals surface area contributed by atoms with Crippen molar-refractivity contribution in [3.05, 3.63) is 48.5 Å². The van der Waals surface area contributed by atoms with Crippen LogP contribution in [0.15, 0.2) is 41.5 Å². The Morgan fingerprint density at radius 2 is 2.10 bits per heavy atom. The van der Waals surface area contributed by atoms with E-state index in [1.54, 1.807) is 6.20 Å². The molecular weight excluding hydrogens is 264 g/mol. The average molecular weight is 284 g/mol. The summed E-state index contributed by atoms with van der Waals surface area (Å²) < 4.78 is 10.00. The maximum absolute atomic E-state index is 5.86. The molecule has 110 valence electrons. The Balaban J connectivity index is 1.82. The number of nitrogens with zero attached hydrogens (tertiary/aromatic N) is 4. The van der Waals surface area contributed by atoms with E-state index >= 15 is 0 Å². The minimum absolute atomic E-state index is 0.701. The summed E-state index contributed by atoms with van der Waals surface area (Å²) in [5.41, 5.74) is 1.02. The standard InChI is InChI=1S/C16H20N4O/c1-3-5-14-6-7-15(21-14)16-17-8-9-20(16)11-13-10-19(4-2)12-18-13/h6-10,12H,3-5,11H2,1-2H3. The van der Waals surface area contributed by atoms with Crippen molar-refractivity contribution in [1.82, 2.24) is 19.1 Å². The van der Waals surface area contributed by atoms with Crippen LogP contribution in [0.2, 0.25) is 0 Å².